The molecule has 2 rings (SSSR count). The lowest BCUT2D eigenvalue weighted by atomic mass is 10.0. The highest BCUT2D eigenvalue weighted by molar-refractivity contribution is 5.32. The maximum Gasteiger partial charge on any atom is 0.0934 e. The van der Waals surface area contributed by atoms with Crippen LogP contribution in [0, 0.1) is 0 Å². The van der Waals surface area contributed by atoms with E-state index in [0.29, 0.717) is 12.5 Å². The van der Waals surface area contributed by atoms with Gasteiger partial charge in [-0.15, -0.1) is 0 Å². The summed E-state index contributed by atoms with van der Waals surface area (Å²) in [6.07, 6.45) is 6.89. The Morgan fingerprint density at radius 2 is 2.29 bits per heavy atom. The number of likely N-dealkylation sites (N-methyl/N-ethyl adjacent to an activating group) is 1. The van der Waals surface area contributed by atoms with Gasteiger partial charge in [0.15, 0.2) is 0 Å². The van der Waals surface area contributed by atoms with E-state index >= 15 is 0 Å². The molecule has 0 amide bonds. The molecule has 1 fully saturated rings. The highest BCUT2D eigenvalue weighted by atomic mass is 16.3. The third kappa shape index (κ3) is 3.27. The minimum absolute atomic E-state index is 0.407. The molecule has 1 unspecified atom stereocenters. The zero-order valence-electron chi connectivity index (χ0n) is 10.8. The Bertz CT molecular complexity index is 363. The third-order valence-electron chi connectivity index (χ3n) is 3.35. The van der Waals surface area contributed by atoms with Crippen LogP contribution in [0.15, 0.2) is 18.5 Å². The molecule has 0 bridgehead atoms. The first kappa shape index (κ1) is 12.5. The van der Waals surface area contributed by atoms with Crippen LogP contribution in [0.1, 0.15) is 49.3 Å². The van der Waals surface area contributed by atoms with Gasteiger partial charge in [-0.2, -0.15) is 0 Å². The molecule has 0 aromatic carbocycles. The van der Waals surface area contributed by atoms with Gasteiger partial charge in [-0.25, -0.2) is 0 Å². The molecule has 17 heavy (non-hydrogen) atoms. The van der Waals surface area contributed by atoms with Gasteiger partial charge in [0.1, 0.15) is 0 Å². The van der Waals surface area contributed by atoms with Crippen molar-refractivity contribution >= 4 is 0 Å². The minimum Gasteiger partial charge on any atom is -0.387 e. The van der Waals surface area contributed by atoms with Crippen molar-refractivity contribution in [2.75, 3.05) is 20.1 Å². The summed E-state index contributed by atoms with van der Waals surface area (Å²) in [5.74, 6) is 0.666. The Kier molecular flexibility index (Phi) is 4.13. The second-order valence-electron chi connectivity index (χ2n) is 5.06. The van der Waals surface area contributed by atoms with E-state index in [4.69, 9.17) is 0 Å². The highest BCUT2D eigenvalue weighted by Crippen LogP contribution is 2.42. The normalized spacial score (nSPS) is 17.4. The van der Waals surface area contributed by atoms with Crippen molar-refractivity contribution in [2.24, 2.45) is 0 Å². The Labute approximate surface area is 103 Å². The van der Waals surface area contributed by atoms with E-state index in [1.54, 1.807) is 0 Å². The Hall–Kier alpha value is -0.930. The minimum atomic E-state index is -0.407. The van der Waals surface area contributed by atoms with Crippen molar-refractivity contribution in [1.82, 2.24) is 9.88 Å². The zero-order valence-corrected chi connectivity index (χ0v) is 10.8. The van der Waals surface area contributed by atoms with E-state index in [1.165, 1.54) is 18.4 Å². The van der Waals surface area contributed by atoms with Gasteiger partial charge in [0.25, 0.3) is 0 Å². The molecule has 0 saturated heterocycles. The predicted octanol–water partition coefficient (Wildman–Crippen LogP) is 2.33. The summed E-state index contributed by atoms with van der Waals surface area (Å²) in [5.41, 5.74) is 2.33. The fourth-order valence-electron chi connectivity index (χ4n) is 2.33. The van der Waals surface area contributed by atoms with Gasteiger partial charge >= 0.3 is 0 Å². The highest BCUT2D eigenvalue weighted by Gasteiger charge is 2.28. The average molecular weight is 234 g/mol. The fourth-order valence-corrected chi connectivity index (χ4v) is 2.33. The molecule has 1 N–H and O–H groups in total. The molecule has 3 nitrogen and oxygen atoms in total. The van der Waals surface area contributed by atoms with Gasteiger partial charge in [-0.1, -0.05) is 6.92 Å². The van der Waals surface area contributed by atoms with Gasteiger partial charge in [0.05, 0.1) is 6.10 Å². The molecule has 0 spiro atoms. The Balaban J connectivity index is 2.05. The zero-order chi connectivity index (χ0) is 12.3. The molecule has 1 heterocycles. The SMILES string of the molecule is CCCN(C)CC(O)c1cnccc1C1CC1. The molecule has 1 aromatic heterocycles. The van der Waals surface area contributed by atoms with Crippen LogP contribution in [-0.4, -0.2) is 35.1 Å². The van der Waals surface area contributed by atoms with Gasteiger partial charge in [-0.3, -0.25) is 4.98 Å². The van der Waals surface area contributed by atoms with Crippen molar-refractivity contribution in [3.05, 3.63) is 29.6 Å². The number of nitrogens with zero attached hydrogens (tertiary/aromatic N) is 2. The maximum absolute atomic E-state index is 10.3. The standard InChI is InChI=1S/C14H22N2O/c1-3-8-16(2)10-14(17)13-9-15-7-6-12(13)11-4-5-11/h6-7,9,11,14,17H,3-5,8,10H2,1-2H3. The van der Waals surface area contributed by atoms with Crippen molar-refractivity contribution in [3.63, 3.8) is 0 Å². The Morgan fingerprint density at radius 1 is 1.53 bits per heavy atom. The molecular weight excluding hydrogens is 212 g/mol. The number of rotatable bonds is 6. The second-order valence-corrected chi connectivity index (χ2v) is 5.06. The van der Waals surface area contributed by atoms with Crippen LogP contribution < -0.4 is 0 Å². The van der Waals surface area contributed by atoms with E-state index in [-0.39, 0.29) is 0 Å². The molecule has 1 saturated carbocycles. The number of aromatic nitrogens is 1. The van der Waals surface area contributed by atoms with Crippen molar-refractivity contribution in [1.29, 1.82) is 0 Å². The number of aliphatic hydroxyl groups excluding tert-OH is 1. The van der Waals surface area contributed by atoms with Crippen LogP contribution in [0.2, 0.25) is 0 Å². The first-order valence-corrected chi connectivity index (χ1v) is 6.52. The summed E-state index contributed by atoms with van der Waals surface area (Å²) in [4.78, 5) is 6.33. The lowest BCUT2D eigenvalue weighted by Crippen LogP contribution is -2.25. The molecule has 0 aliphatic heterocycles. The van der Waals surface area contributed by atoms with E-state index in [1.807, 2.05) is 12.4 Å². The van der Waals surface area contributed by atoms with Crippen LogP contribution in [0.25, 0.3) is 0 Å². The number of hydrogen-bond acceptors (Lipinski definition) is 3. The van der Waals surface area contributed by atoms with E-state index in [0.717, 1.165) is 18.5 Å². The molecule has 0 radical (unpaired) electrons. The number of aliphatic hydroxyl groups is 1. The first-order chi connectivity index (χ1) is 8.22. The van der Waals surface area contributed by atoms with Crippen LogP contribution >= 0.6 is 0 Å². The summed E-state index contributed by atoms with van der Waals surface area (Å²) in [5, 5.41) is 10.3. The van der Waals surface area contributed by atoms with Crippen molar-refractivity contribution in [2.45, 2.75) is 38.2 Å². The summed E-state index contributed by atoms with van der Waals surface area (Å²) in [6, 6.07) is 2.07. The van der Waals surface area contributed by atoms with Crippen LogP contribution in [0.5, 0.6) is 0 Å². The molecule has 3 heteroatoms. The monoisotopic (exact) mass is 234 g/mol. The second kappa shape index (κ2) is 5.61. The summed E-state index contributed by atoms with van der Waals surface area (Å²) in [7, 11) is 2.06. The van der Waals surface area contributed by atoms with Crippen LogP contribution in [0.3, 0.4) is 0 Å². The predicted molar refractivity (Wildman–Crippen MR) is 69.0 cm³/mol. The summed E-state index contributed by atoms with van der Waals surface area (Å²) < 4.78 is 0. The van der Waals surface area contributed by atoms with Crippen molar-refractivity contribution in [3.8, 4) is 0 Å². The maximum atomic E-state index is 10.3. The smallest absolute Gasteiger partial charge is 0.0934 e. The lowest BCUT2D eigenvalue weighted by Gasteiger charge is -2.21. The van der Waals surface area contributed by atoms with E-state index < -0.39 is 6.10 Å². The fraction of sp³-hybridized carbons (Fsp3) is 0.643. The largest absolute Gasteiger partial charge is 0.387 e. The van der Waals surface area contributed by atoms with E-state index in [9.17, 15) is 5.11 Å². The first-order valence-electron chi connectivity index (χ1n) is 6.52. The average Bonchev–Trinajstić information content (AvgIpc) is 3.13. The van der Waals surface area contributed by atoms with Crippen LogP contribution in [0.4, 0.5) is 0 Å². The summed E-state index contributed by atoms with van der Waals surface area (Å²) >= 11 is 0. The van der Waals surface area contributed by atoms with E-state index in [2.05, 4.69) is 29.9 Å². The molecular formula is C14H22N2O. The molecule has 94 valence electrons. The lowest BCUT2D eigenvalue weighted by molar-refractivity contribution is 0.126. The molecule has 1 atom stereocenters. The van der Waals surface area contributed by atoms with Crippen molar-refractivity contribution < 1.29 is 5.11 Å². The quantitative estimate of drug-likeness (QED) is 0.820. The summed E-state index contributed by atoms with van der Waals surface area (Å²) in [6.45, 7) is 3.87. The van der Waals surface area contributed by atoms with Gasteiger partial charge in [0, 0.05) is 24.5 Å². The third-order valence-corrected chi connectivity index (χ3v) is 3.35. The molecule has 1 aromatic rings. The van der Waals surface area contributed by atoms with Gasteiger partial charge in [0.2, 0.25) is 0 Å². The van der Waals surface area contributed by atoms with Gasteiger partial charge in [-0.05, 0) is 50.4 Å². The van der Waals surface area contributed by atoms with Crippen LogP contribution in [-0.2, 0) is 0 Å². The Morgan fingerprint density at radius 3 is 2.94 bits per heavy atom. The number of hydrogen-bond donors (Lipinski definition) is 1. The molecule has 1 aliphatic carbocycles. The number of pyridine rings is 1. The van der Waals surface area contributed by atoms with Gasteiger partial charge < -0.3 is 10.0 Å². The topological polar surface area (TPSA) is 36.4 Å². The molecule has 1 aliphatic rings.